The SMILES string of the molecule is ON=Cc1cn(CCCCc2ccccn2)c2ccc(Oc3ccc(OCc4ccccc4)cc3)cc12. The summed E-state index contributed by atoms with van der Waals surface area (Å²) in [6.07, 6.45) is 8.35. The Bertz CT molecular complexity index is 1450. The fourth-order valence-electron chi connectivity index (χ4n) is 4.33. The zero-order valence-electron chi connectivity index (χ0n) is 20.5. The molecule has 3 aromatic carbocycles. The first-order valence-corrected chi connectivity index (χ1v) is 12.4. The van der Waals surface area contributed by atoms with Gasteiger partial charge in [0.25, 0.3) is 0 Å². The molecule has 5 rings (SSSR count). The molecule has 1 N–H and O–H groups in total. The zero-order chi connectivity index (χ0) is 25.3. The van der Waals surface area contributed by atoms with Gasteiger partial charge in [-0.25, -0.2) is 0 Å². The first kappa shape index (κ1) is 24.1. The van der Waals surface area contributed by atoms with Crippen LogP contribution in [0.5, 0.6) is 17.2 Å². The summed E-state index contributed by atoms with van der Waals surface area (Å²) in [6.45, 7) is 1.39. The van der Waals surface area contributed by atoms with E-state index < -0.39 is 0 Å². The molecule has 37 heavy (non-hydrogen) atoms. The minimum atomic E-state index is 0.521. The van der Waals surface area contributed by atoms with E-state index in [1.165, 1.54) is 6.21 Å². The number of hydrogen-bond donors (Lipinski definition) is 1. The second kappa shape index (κ2) is 11.9. The van der Waals surface area contributed by atoms with E-state index >= 15 is 0 Å². The summed E-state index contributed by atoms with van der Waals surface area (Å²) < 4.78 is 14.2. The van der Waals surface area contributed by atoms with Crippen molar-refractivity contribution in [1.29, 1.82) is 0 Å². The molecule has 0 aliphatic rings. The Morgan fingerprint density at radius 1 is 0.838 bits per heavy atom. The molecule has 0 bridgehead atoms. The minimum Gasteiger partial charge on any atom is -0.489 e. The van der Waals surface area contributed by atoms with E-state index in [4.69, 9.17) is 9.47 Å². The first-order chi connectivity index (χ1) is 18.3. The van der Waals surface area contributed by atoms with E-state index in [2.05, 4.69) is 26.8 Å². The van der Waals surface area contributed by atoms with E-state index in [1.807, 2.05) is 91.3 Å². The van der Waals surface area contributed by atoms with Gasteiger partial charge in [0.05, 0.1) is 6.21 Å². The molecule has 2 heterocycles. The second-order valence-corrected chi connectivity index (χ2v) is 8.83. The molecule has 0 amide bonds. The van der Waals surface area contributed by atoms with Crippen molar-refractivity contribution in [1.82, 2.24) is 9.55 Å². The van der Waals surface area contributed by atoms with Crippen molar-refractivity contribution in [2.75, 3.05) is 0 Å². The van der Waals surface area contributed by atoms with E-state index in [0.717, 1.165) is 65.0 Å². The second-order valence-electron chi connectivity index (χ2n) is 8.83. The molecule has 0 aliphatic heterocycles. The number of rotatable bonds is 11. The lowest BCUT2D eigenvalue weighted by molar-refractivity contribution is 0.306. The van der Waals surface area contributed by atoms with Gasteiger partial charge >= 0.3 is 0 Å². The van der Waals surface area contributed by atoms with Crippen LogP contribution in [-0.2, 0) is 19.6 Å². The van der Waals surface area contributed by atoms with Crippen molar-refractivity contribution in [3.63, 3.8) is 0 Å². The number of aryl methyl sites for hydroxylation is 2. The van der Waals surface area contributed by atoms with Gasteiger partial charge < -0.3 is 19.2 Å². The summed E-state index contributed by atoms with van der Waals surface area (Å²) in [7, 11) is 0. The van der Waals surface area contributed by atoms with Crippen molar-refractivity contribution >= 4 is 17.1 Å². The molecular weight excluding hydrogens is 462 g/mol. The number of fused-ring (bicyclic) bond motifs is 1. The lowest BCUT2D eigenvalue weighted by Crippen LogP contribution is -1.98. The van der Waals surface area contributed by atoms with E-state index in [1.54, 1.807) is 0 Å². The quantitative estimate of drug-likeness (QED) is 0.0915. The highest BCUT2D eigenvalue weighted by molar-refractivity contribution is 5.99. The van der Waals surface area contributed by atoms with Gasteiger partial charge in [0.1, 0.15) is 23.9 Å². The molecule has 0 radical (unpaired) electrons. The molecule has 6 nitrogen and oxygen atoms in total. The van der Waals surface area contributed by atoms with Crippen molar-refractivity contribution < 1.29 is 14.7 Å². The average Bonchev–Trinajstić information content (AvgIpc) is 3.28. The number of benzene rings is 3. The molecule has 0 aliphatic carbocycles. The largest absolute Gasteiger partial charge is 0.489 e. The smallest absolute Gasteiger partial charge is 0.128 e. The standard InChI is InChI=1S/C31H29N3O3/c35-33-21-25-22-34(19-7-5-11-26-10-4-6-18-32-26)31-17-16-29(20-30(25)31)37-28-14-12-27(13-15-28)36-23-24-8-2-1-3-9-24/h1-4,6,8-10,12-18,20-22,35H,5,7,11,19,23H2. The molecule has 6 heteroatoms. The van der Waals surface area contributed by atoms with Gasteiger partial charge in [-0.3, -0.25) is 4.98 Å². The Kier molecular flexibility index (Phi) is 7.76. The minimum absolute atomic E-state index is 0.521. The third-order valence-electron chi connectivity index (χ3n) is 6.20. The molecule has 0 unspecified atom stereocenters. The van der Waals surface area contributed by atoms with E-state index in [-0.39, 0.29) is 0 Å². The number of unbranched alkanes of at least 4 members (excludes halogenated alkanes) is 1. The van der Waals surface area contributed by atoms with Crippen molar-refractivity contribution in [3.8, 4) is 17.2 Å². The van der Waals surface area contributed by atoms with Crippen molar-refractivity contribution in [2.45, 2.75) is 32.4 Å². The van der Waals surface area contributed by atoms with Gasteiger partial charge in [0.15, 0.2) is 0 Å². The van der Waals surface area contributed by atoms with Crippen molar-refractivity contribution in [3.05, 3.63) is 120 Å². The maximum Gasteiger partial charge on any atom is 0.128 e. The highest BCUT2D eigenvalue weighted by Crippen LogP contribution is 2.30. The number of aromatic nitrogens is 2. The third kappa shape index (κ3) is 6.35. The van der Waals surface area contributed by atoms with Crippen LogP contribution in [0.15, 0.2) is 109 Å². The molecule has 0 saturated heterocycles. The van der Waals surface area contributed by atoms with Crippen LogP contribution in [0.25, 0.3) is 10.9 Å². The summed E-state index contributed by atoms with van der Waals surface area (Å²) in [5, 5.41) is 13.4. The molecular formula is C31H29N3O3. The lowest BCUT2D eigenvalue weighted by Gasteiger charge is -2.10. The highest BCUT2D eigenvalue weighted by Gasteiger charge is 2.10. The fraction of sp³-hybridized carbons (Fsp3) is 0.161. The van der Waals surface area contributed by atoms with Crippen LogP contribution in [0.1, 0.15) is 29.7 Å². The van der Waals surface area contributed by atoms with E-state index in [0.29, 0.717) is 12.4 Å². The molecule has 0 saturated carbocycles. The van der Waals surface area contributed by atoms with Crippen LogP contribution >= 0.6 is 0 Å². The summed E-state index contributed by atoms with van der Waals surface area (Å²) in [4.78, 5) is 4.40. The molecule has 0 fully saturated rings. The van der Waals surface area contributed by atoms with E-state index in [9.17, 15) is 5.21 Å². The number of nitrogens with zero attached hydrogens (tertiary/aromatic N) is 3. The fourth-order valence-corrected chi connectivity index (χ4v) is 4.33. The van der Waals surface area contributed by atoms with Crippen LogP contribution in [0, 0.1) is 0 Å². The monoisotopic (exact) mass is 491 g/mol. The van der Waals surface area contributed by atoms with Gasteiger partial charge in [-0.15, -0.1) is 0 Å². The first-order valence-electron chi connectivity index (χ1n) is 12.4. The van der Waals surface area contributed by atoms with Crippen LogP contribution in [-0.4, -0.2) is 21.0 Å². The predicted octanol–water partition coefficient (Wildman–Crippen LogP) is 7.24. The number of pyridine rings is 1. The van der Waals surface area contributed by atoms with Gasteiger partial charge in [-0.05, 0) is 79.4 Å². The summed E-state index contributed by atoms with van der Waals surface area (Å²) >= 11 is 0. The Hall–Kier alpha value is -4.58. The predicted molar refractivity (Wildman–Crippen MR) is 146 cm³/mol. The van der Waals surface area contributed by atoms with Gasteiger partial charge in [0.2, 0.25) is 0 Å². The molecule has 2 aromatic heterocycles. The Labute approximate surface area is 216 Å². The Morgan fingerprint density at radius 3 is 2.41 bits per heavy atom. The van der Waals surface area contributed by atoms with Gasteiger partial charge in [0, 0.05) is 41.1 Å². The molecule has 0 spiro atoms. The molecule has 186 valence electrons. The summed E-state index contributed by atoms with van der Waals surface area (Å²) in [6, 6.07) is 29.7. The molecule has 0 atom stereocenters. The Balaban J connectivity index is 1.23. The topological polar surface area (TPSA) is 68.9 Å². The normalized spacial score (nSPS) is 11.2. The van der Waals surface area contributed by atoms with Crippen LogP contribution in [0.2, 0.25) is 0 Å². The van der Waals surface area contributed by atoms with Gasteiger partial charge in [-0.2, -0.15) is 0 Å². The summed E-state index contributed by atoms with van der Waals surface area (Å²) in [5.41, 5.74) is 4.16. The van der Waals surface area contributed by atoms with Crippen LogP contribution < -0.4 is 9.47 Å². The molecule has 5 aromatic rings. The number of hydrogen-bond acceptors (Lipinski definition) is 5. The Morgan fingerprint density at radius 2 is 1.62 bits per heavy atom. The summed E-state index contributed by atoms with van der Waals surface area (Å²) in [5.74, 6) is 2.22. The maximum atomic E-state index is 9.19. The average molecular weight is 492 g/mol. The van der Waals surface area contributed by atoms with Crippen LogP contribution in [0.3, 0.4) is 0 Å². The number of ether oxygens (including phenoxy) is 2. The highest BCUT2D eigenvalue weighted by atomic mass is 16.5. The van der Waals surface area contributed by atoms with Crippen molar-refractivity contribution in [2.24, 2.45) is 5.16 Å². The number of oxime groups is 1. The van der Waals surface area contributed by atoms with Crippen LogP contribution in [0.4, 0.5) is 0 Å². The lowest BCUT2D eigenvalue weighted by atomic mass is 10.1. The zero-order valence-corrected chi connectivity index (χ0v) is 20.5. The van der Waals surface area contributed by atoms with Gasteiger partial charge in [-0.1, -0.05) is 41.6 Å². The third-order valence-corrected chi connectivity index (χ3v) is 6.20. The maximum absolute atomic E-state index is 9.19.